The summed E-state index contributed by atoms with van der Waals surface area (Å²) in [5.74, 6) is 0. The van der Waals surface area contributed by atoms with Crippen LogP contribution in [0, 0.1) is 0 Å². The summed E-state index contributed by atoms with van der Waals surface area (Å²) >= 11 is 1.97. The Morgan fingerprint density at radius 1 is 0.488 bits per heavy atom. The van der Waals surface area contributed by atoms with E-state index in [1.807, 2.05) is 23.5 Å². The molecular formula is C32H28Cl2O2P2S2Zr. The van der Waals surface area contributed by atoms with E-state index < -0.39 is 40.0 Å². The summed E-state index contributed by atoms with van der Waals surface area (Å²) in [5.41, 5.74) is 0. The van der Waals surface area contributed by atoms with Crippen molar-refractivity contribution in [2.75, 3.05) is 0 Å². The molecule has 0 aliphatic carbocycles. The van der Waals surface area contributed by atoms with Gasteiger partial charge in [-0.1, -0.05) is 0 Å². The third-order valence-electron chi connectivity index (χ3n) is 6.59. The molecule has 2 heterocycles. The first kappa shape index (κ1) is 33.2. The first-order valence-electron chi connectivity index (χ1n) is 12.9. The molecule has 4 aromatic carbocycles. The van der Waals surface area contributed by atoms with Crippen LogP contribution in [0.4, 0.5) is 0 Å². The fraction of sp³-hybridized carbons (Fsp3) is 0.125. The van der Waals surface area contributed by atoms with E-state index in [1.54, 1.807) is 0 Å². The van der Waals surface area contributed by atoms with Crippen molar-refractivity contribution in [3.63, 3.8) is 0 Å². The molecule has 2 nitrogen and oxygen atoms in total. The molecule has 2 atom stereocenters. The van der Waals surface area contributed by atoms with Gasteiger partial charge in [-0.25, -0.2) is 0 Å². The van der Waals surface area contributed by atoms with Crippen LogP contribution >= 0.6 is 39.4 Å². The molecule has 0 aromatic heterocycles. The van der Waals surface area contributed by atoms with Crippen LogP contribution in [-0.2, 0) is 29.7 Å². The first-order valence-corrected chi connectivity index (χ1v) is 19.3. The van der Waals surface area contributed by atoms with Crippen LogP contribution in [-0.4, -0.2) is 9.35 Å². The number of halogens is 2. The molecule has 0 bridgehead atoms. The van der Waals surface area contributed by atoms with Crippen molar-refractivity contribution in [1.82, 2.24) is 0 Å². The molecule has 0 saturated heterocycles. The van der Waals surface area contributed by atoms with Gasteiger partial charge in [-0.3, -0.25) is 0 Å². The summed E-state index contributed by atoms with van der Waals surface area (Å²) in [5, 5.41) is 9.83. The van der Waals surface area contributed by atoms with Gasteiger partial charge in [0.2, 0.25) is 0 Å². The van der Waals surface area contributed by atoms with Crippen LogP contribution in [0.25, 0.3) is 0 Å². The van der Waals surface area contributed by atoms with Gasteiger partial charge in [0, 0.05) is 0 Å². The molecule has 208 valence electrons. The van der Waals surface area contributed by atoms with Crippen molar-refractivity contribution in [3.05, 3.63) is 144 Å². The zero-order valence-electron chi connectivity index (χ0n) is 22.1. The zero-order valence-corrected chi connectivity index (χ0v) is 29.4. The van der Waals surface area contributed by atoms with E-state index in [1.165, 1.54) is 21.2 Å². The number of thioether (sulfide) groups is 2. The van der Waals surface area contributed by atoms with Gasteiger partial charge in [0.05, 0.1) is 0 Å². The van der Waals surface area contributed by atoms with E-state index in [4.69, 9.17) is 5.63 Å². The Labute approximate surface area is 279 Å². The minimum absolute atomic E-state index is 0. The predicted molar refractivity (Wildman–Crippen MR) is 168 cm³/mol. The second kappa shape index (κ2) is 15.9. The van der Waals surface area contributed by atoms with Crippen molar-refractivity contribution >= 4 is 60.6 Å². The molecule has 0 N–H and O–H groups in total. The van der Waals surface area contributed by atoms with E-state index in [9.17, 15) is 0 Å². The predicted octanol–water partition coefficient (Wildman–Crippen LogP) is 1.81. The molecule has 4 aromatic rings. The van der Waals surface area contributed by atoms with Crippen LogP contribution in [0.15, 0.2) is 144 Å². The molecule has 2 aliphatic rings. The summed E-state index contributed by atoms with van der Waals surface area (Å²) in [7, 11) is -1.51. The quantitative estimate of drug-likeness (QED) is 0.232. The average Bonchev–Trinajstić information content (AvgIpc) is 3.67. The second-order valence-electron chi connectivity index (χ2n) is 9.11. The first-order chi connectivity index (χ1) is 19.3. The Balaban J connectivity index is 0.00000194. The Morgan fingerprint density at radius 3 is 1.02 bits per heavy atom. The molecule has 6 rings (SSSR count). The van der Waals surface area contributed by atoms with Gasteiger partial charge in [-0.05, 0) is 0 Å². The van der Waals surface area contributed by atoms with Gasteiger partial charge < -0.3 is 24.8 Å². The van der Waals surface area contributed by atoms with Crippen molar-refractivity contribution < 1.29 is 54.6 Å². The Morgan fingerprint density at radius 2 is 0.780 bits per heavy atom. The molecule has 0 spiro atoms. The molecule has 0 fully saturated rings. The topological polar surface area (TPSA) is 18.5 Å². The Kier molecular flexibility index (Phi) is 12.8. The third kappa shape index (κ3) is 7.52. The monoisotopic (exact) mass is 730 g/mol. The molecular weight excluding hydrogens is 705 g/mol. The van der Waals surface area contributed by atoms with Crippen LogP contribution in [0.2, 0.25) is 0 Å². The summed E-state index contributed by atoms with van der Waals surface area (Å²) in [4.78, 5) is 0. The number of rotatable bonds is 10. The van der Waals surface area contributed by atoms with Crippen molar-refractivity contribution in [3.8, 4) is 0 Å². The van der Waals surface area contributed by atoms with E-state index in [2.05, 4.69) is 144 Å². The normalized spacial score (nSPS) is 20.9. The van der Waals surface area contributed by atoms with Crippen LogP contribution in [0.3, 0.4) is 0 Å². The maximum absolute atomic E-state index is 7.12. The largest absolute Gasteiger partial charge is 1.00 e. The summed E-state index contributed by atoms with van der Waals surface area (Å²) in [6.07, 6.45) is 6.32. The SMILES string of the molecule is C1=CSC([O][Zr+2][O]C2(P(c3ccccc3)c3ccccc3)CC=CS2)(P(c2ccccc2)c2ccccc2)C1.[Cl-].[Cl-]. The number of hydrogen-bond acceptors (Lipinski definition) is 4. The Bertz CT molecular complexity index is 1210. The van der Waals surface area contributed by atoms with Crippen LogP contribution < -0.4 is 46.0 Å². The van der Waals surface area contributed by atoms with Gasteiger partial charge in [0.25, 0.3) is 0 Å². The van der Waals surface area contributed by atoms with E-state index in [0.717, 1.165) is 12.8 Å². The van der Waals surface area contributed by atoms with E-state index in [-0.39, 0.29) is 34.2 Å². The molecule has 0 radical (unpaired) electrons. The second-order valence-corrected chi connectivity index (χ2v) is 18.3. The summed E-state index contributed by atoms with van der Waals surface area (Å²) in [6, 6.07) is 43.6. The van der Waals surface area contributed by atoms with E-state index in [0.29, 0.717) is 0 Å². The van der Waals surface area contributed by atoms with Crippen molar-refractivity contribution in [1.29, 1.82) is 0 Å². The molecule has 2 aliphatic heterocycles. The van der Waals surface area contributed by atoms with E-state index >= 15 is 0 Å². The molecule has 2 unspecified atom stereocenters. The average molecular weight is 733 g/mol. The Hall–Kier alpha value is -0.697. The molecule has 0 saturated carbocycles. The minimum Gasteiger partial charge on any atom is -1.00 e. The maximum Gasteiger partial charge on any atom is -1.00 e. The molecule has 9 heteroatoms. The van der Waals surface area contributed by atoms with Crippen molar-refractivity contribution in [2.45, 2.75) is 22.2 Å². The van der Waals surface area contributed by atoms with Crippen molar-refractivity contribution in [2.24, 2.45) is 0 Å². The minimum atomic E-state index is -1.71. The van der Waals surface area contributed by atoms with Gasteiger partial charge in [0.15, 0.2) is 0 Å². The zero-order chi connectivity index (χ0) is 26.4. The molecule has 0 amide bonds. The van der Waals surface area contributed by atoms with Gasteiger partial charge >= 0.3 is 257 Å². The fourth-order valence-corrected chi connectivity index (χ4v) is 17.5. The molecule has 41 heavy (non-hydrogen) atoms. The van der Waals surface area contributed by atoms with Gasteiger partial charge in [-0.2, -0.15) is 0 Å². The smallest absolute Gasteiger partial charge is 1.00 e. The number of benzene rings is 4. The van der Waals surface area contributed by atoms with Crippen LogP contribution in [0.5, 0.6) is 0 Å². The maximum atomic E-state index is 7.12. The standard InChI is InChI=1S/2C16H14OPS.2ClH.Zr/c2*17-16(12-7-13-19-16)18(14-8-3-1-4-9-14)15-10-5-2-6-11-15;;;/h2*1-11,13H,12H2;2*1H;/q2*-1;;;+4/p-2. The van der Waals surface area contributed by atoms with Gasteiger partial charge in [0.1, 0.15) is 0 Å². The van der Waals surface area contributed by atoms with Gasteiger partial charge in [-0.15, -0.1) is 0 Å². The fourth-order valence-electron chi connectivity index (χ4n) is 4.85. The third-order valence-corrected chi connectivity index (χ3v) is 19.1. The summed E-state index contributed by atoms with van der Waals surface area (Å²) in [6.45, 7) is 0. The van der Waals surface area contributed by atoms with Crippen LogP contribution in [0.1, 0.15) is 12.8 Å². The number of hydrogen-bond donors (Lipinski definition) is 0. The summed E-state index contributed by atoms with van der Waals surface area (Å²) < 4.78 is 13.5.